The standard InChI is InChI=1S/C21H40O4.C5H11NO2/c1-6-10-12-18(8-3)15-24-20(22)14-17(5)21(23)25-16-19(9-4)13-11-7-2;1-6(2,3)4-5(7)8/h17-19H,6-16H2,1-5H3;4H2,1-3H3. The highest BCUT2D eigenvalue weighted by Crippen LogP contribution is 2.16. The summed E-state index contributed by atoms with van der Waals surface area (Å²) in [4.78, 5) is 33.9. The van der Waals surface area contributed by atoms with Crippen LogP contribution in [0.4, 0.5) is 0 Å². The molecule has 0 N–H and O–H groups in total. The Morgan fingerprint density at radius 3 is 1.61 bits per heavy atom. The third-order valence-electron chi connectivity index (χ3n) is 5.51. The summed E-state index contributed by atoms with van der Waals surface area (Å²) in [5, 5.41) is 9.89. The van der Waals surface area contributed by atoms with Crippen LogP contribution in [0.1, 0.15) is 92.4 Å². The summed E-state index contributed by atoms with van der Waals surface area (Å²) < 4.78 is 11.2. The van der Waals surface area contributed by atoms with E-state index in [1.54, 1.807) is 28.1 Å². The quantitative estimate of drug-likeness (QED) is 0.234. The van der Waals surface area contributed by atoms with Crippen LogP contribution in [0.5, 0.6) is 0 Å². The van der Waals surface area contributed by atoms with Gasteiger partial charge in [-0.05, 0) is 24.7 Å². The number of esters is 2. The van der Waals surface area contributed by atoms with E-state index in [2.05, 4.69) is 27.7 Å². The van der Waals surface area contributed by atoms with Crippen LogP contribution in [0.15, 0.2) is 0 Å². The summed E-state index contributed by atoms with van der Waals surface area (Å²) in [7, 11) is 5.40. The highest BCUT2D eigenvalue weighted by Gasteiger charge is 2.21. The lowest BCUT2D eigenvalue weighted by molar-refractivity contribution is -0.864. The molecular formula is C26H51NO6. The lowest BCUT2D eigenvalue weighted by atomic mass is 10.0. The molecule has 0 rings (SSSR count). The lowest BCUT2D eigenvalue weighted by Gasteiger charge is -2.23. The molecule has 0 aliphatic heterocycles. The molecular weight excluding hydrogens is 422 g/mol. The molecule has 0 radical (unpaired) electrons. The molecule has 196 valence electrons. The average molecular weight is 474 g/mol. The Labute approximate surface area is 202 Å². The van der Waals surface area contributed by atoms with E-state index in [9.17, 15) is 19.5 Å². The van der Waals surface area contributed by atoms with Gasteiger partial charge < -0.3 is 23.9 Å². The first-order chi connectivity index (χ1) is 15.4. The predicted molar refractivity (Wildman–Crippen MR) is 130 cm³/mol. The topological polar surface area (TPSA) is 92.7 Å². The number of aliphatic carboxylic acids is 1. The van der Waals surface area contributed by atoms with E-state index in [4.69, 9.17) is 9.47 Å². The number of carbonyl (C=O) groups excluding carboxylic acids is 3. The first-order valence-corrected chi connectivity index (χ1v) is 12.7. The maximum Gasteiger partial charge on any atom is 0.309 e. The van der Waals surface area contributed by atoms with Gasteiger partial charge >= 0.3 is 11.9 Å². The number of hydrogen-bond acceptors (Lipinski definition) is 6. The summed E-state index contributed by atoms with van der Waals surface area (Å²) in [5.41, 5.74) is 0. The van der Waals surface area contributed by atoms with Crippen molar-refractivity contribution in [3.8, 4) is 0 Å². The molecule has 33 heavy (non-hydrogen) atoms. The van der Waals surface area contributed by atoms with Crippen LogP contribution in [0.25, 0.3) is 0 Å². The van der Waals surface area contributed by atoms with Gasteiger partial charge in [0.15, 0.2) is 0 Å². The maximum absolute atomic E-state index is 12.1. The minimum Gasteiger partial charge on any atom is -0.544 e. The van der Waals surface area contributed by atoms with Gasteiger partial charge in [0, 0.05) is 0 Å². The van der Waals surface area contributed by atoms with Gasteiger partial charge in [0.2, 0.25) is 0 Å². The van der Waals surface area contributed by atoms with Gasteiger partial charge in [-0.3, -0.25) is 9.59 Å². The largest absolute Gasteiger partial charge is 0.544 e. The van der Waals surface area contributed by atoms with Crippen molar-refractivity contribution in [2.45, 2.75) is 92.4 Å². The highest BCUT2D eigenvalue weighted by molar-refractivity contribution is 5.79. The lowest BCUT2D eigenvalue weighted by Crippen LogP contribution is -2.45. The van der Waals surface area contributed by atoms with Crippen molar-refractivity contribution in [3.63, 3.8) is 0 Å². The molecule has 0 aromatic carbocycles. The minimum absolute atomic E-state index is 0.0694. The second-order valence-corrected chi connectivity index (χ2v) is 10.1. The van der Waals surface area contributed by atoms with Gasteiger partial charge in [-0.25, -0.2) is 0 Å². The number of carbonyl (C=O) groups is 3. The van der Waals surface area contributed by atoms with Crippen LogP contribution >= 0.6 is 0 Å². The normalized spacial score (nSPS) is 13.8. The van der Waals surface area contributed by atoms with Crippen LogP contribution in [-0.4, -0.2) is 63.3 Å². The third kappa shape index (κ3) is 22.0. The molecule has 0 aliphatic rings. The molecule has 0 aromatic rings. The van der Waals surface area contributed by atoms with E-state index in [0.29, 0.717) is 29.5 Å². The van der Waals surface area contributed by atoms with Crippen LogP contribution < -0.4 is 5.11 Å². The van der Waals surface area contributed by atoms with Crippen molar-refractivity contribution in [2.75, 3.05) is 40.9 Å². The third-order valence-corrected chi connectivity index (χ3v) is 5.51. The molecule has 3 atom stereocenters. The number of quaternary nitrogens is 1. The Balaban J connectivity index is 0. The molecule has 0 saturated heterocycles. The maximum atomic E-state index is 12.1. The van der Waals surface area contributed by atoms with Crippen LogP contribution in [0, 0.1) is 17.8 Å². The number of unbranched alkanes of at least 4 members (excludes halogenated alkanes) is 2. The van der Waals surface area contributed by atoms with Gasteiger partial charge in [0.1, 0.15) is 6.54 Å². The second-order valence-electron chi connectivity index (χ2n) is 10.1. The van der Waals surface area contributed by atoms with Crippen LogP contribution in [0.3, 0.4) is 0 Å². The molecule has 0 fully saturated rings. The van der Waals surface area contributed by atoms with Crippen molar-refractivity contribution in [1.29, 1.82) is 0 Å². The minimum atomic E-state index is -1.00. The number of rotatable bonds is 17. The van der Waals surface area contributed by atoms with Gasteiger partial charge in [-0.2, -0.15) is 0 Å². The molecule has 0 amide bonds. The van der Waals surface area contributed by atoms with E-state index in [1.165, 1.54) is 0 Å². The molecule has 7 nitrogen and oxygen atoms in total. The molecule has 0 aliphatic carbocycles. The smallest absolute Gasteiger partial charge is 0.309 e. The average Bonchev–Trinajstić information content (AvgIpc) is 2.72. The monoisotopic (exact) mass is 473 g/mol. The Bertz CT molecular complexity index is 529. The van der Waals surface area contributed by atoms with Crippen LogP contribution in [0.2, 0.25) is 0 Å². The highest BCUT2D eigenvalue weighted by atomic mass is 16.5. The molecule has 0 spiro atoms. The number of ether oxygens (including phenoxy) is 2. The molecule has 0 heterocycles. The van der Waals surface area contributed by atoms with E-state index in [0.717, 1.165) is 51.4 Å². The summed E-state index contributed by atoms with van der Waals surface area (Å²) in [5.74, 6) is -1.17. The zero-order valence-electron chi connectivity index (χ0n) is 22.6. The summed E-state index contributed by atoms with van der Waals surface area (Å²) >= 11 is 0. The Hall–Kier alpha value is -1.63. The van der Waals surface area contributed by atoms with Crippen molar-refractivity contribution in [2.24, 2.45) is 17.8 Å². The summed E-state index contributed by atoms with van der Waals surface area (Å²) in [6.07, 6.45) is 8.95. The van der Waals surface area contributed by atoms with E-state index in [-0.39, 0.29) is 24.9 Å². The molecule has 7 heteroatoms. The Kier molecular flexibility index (Phi) is 20.1. The number of likely N-dealkylation sites (N-methyl/N-ethyl adjacent to an activating group) is 1. The SMILES string of the molecule is CCCCC(CC)COC(=O)CC(C)C(=O)OCC(CC)CCCC.C[N+](C)(C)CC(=O)[O-]. The first kappa shape index (κ1) is 33.5. The number of carboxylic acid groups (broad SMARTS) is 1. The number of carboxylic acids is 1. The Morgan fingerprint density at radius 1 is 0.818 bits per heavy atom. The van der Waals surface area contributed by atoms with E-state index >= 15 is 0 Å². The van der Waals surface area contributed by atoms with Crippen molar-refractivity contribution < 1.29 is 33.4 Å². The molecule has 0 saturated carbocycles. The fraction of sp³-hybridized carbons (Fsp3) is 0.885. The van der Waals surface area contributed by atoms with Crippen LogP contribution in [-0.2, 0) is 23.9 Å². The second kappa shape index (κ2) is 19.8. The molecule has 0 bridgehead atoms. The molecule has 3 unspecified atom stereocenters. The van der Waals surface area contributed by atoms with Gasteiger partial charge in [-0.1, -0.05) is 73.1 Å². The number of nitrogens with zero attached hydrogens (tertiary/aromatic N) is 1. The van der Waals surface area contributed by atoms with E-state index < -0.39 is 11.9 Å². The van der Waals surface area contributed by atoms with Gasteiger partial charge in [-0.15, -0.1) is 0 Å². The van der Waals surface area contributed by atoms with Gasteiger partial charge in [0.05, 0.1) is 52.7 Å². The zero-order chi connectivity index (χ0) is 25.9. The van der Waals surface area contributed by atoms with Crippen molar-refractivity contribution >= 4 is 17.9 Å². The summed E-state index contributed by atoms with van der Waals surface area (Å²) in [6.45, 7) is 11.3. The van der Waals surface area contributed by atoms with E-state index in [1.807, 2.05) is 0 Å². The fourth-order valence-corrected chi connectivity index (χ4v) is 3.13. The fourth-order valence-electron chi connectivity index (χ4n) is 3.13. The zero-order valence-corrected chi connectivity index (χ0v) is 22.6. The van der Waals surface area contributed by atoms with Gasteiger partial charge in [0.25, 0.3) is 0 Å². The Morgan fingerprint density at radius 2 is 1.27 bits per heavy atom. The molecule has 0 aromatic heterocycles. The van der Waals surface area contributed by atoms with Crippen molar-refractivity contribution in [1.82, 2.24) is 0 Å². The summed E-state index contributed by atoms with van der Waals surface area (Å²) in [6, 6.07) is 0. The van der Waals surface area contributed by atoms with Crippen molar-refractivity contribution in [3.05, 3.63) is 0 Å². The number of hydrogen-bond donors (Lipinski definition) is 0. The first-order valence-electron chi connectivity index (χ1n) is 12.7. The predicted octanol–water partition coefficient (Wildman–Crippen LogP) is 3.97.